The summed E-state index contributed by atoms with van der Waals surface area (Å²) in [5.74, 6) is -0.0709. The molecule has 1 rings (SSSR count). The van der Waals surface area contributed by atoms with Gasteiger partial charge in [-0.2, -0.15) is 0 Å². The number of benzene rings is 1. The fourth-order valence-corrected chi connectivity index (χ4v) is 2.80. The molecule has 0 unspecified atom stereocenters. The Labute approximate surface area is 114 Å². The number of rotatable bonds is 6. The zero-order valence-corrected chi connectivity index (χ0v) is 12.3. The quantitative estimate of drug-likeness (QED) is 0.840. The maximum absolute atomic E-state index is 11.9. The first-order valence-corrected chi connectivity index (χ1v) is 7.75. The molecule has 0 bridgehead atoms. The van der Waals surface area contributed by atoms with Crippen LogP contribution >= 0.6 is 0 Å². The van der Waals surface area contributed by atoms with Gasteiger partial charge < -0.3 is 5.32 Å². The Morgan fingerprint density at radius 1 is 1.21 bits per heavy atom. The van der Waals surface area contributed by atoms with Crippen LogP contribution < -0.4 is 10.0 Å². The van der Waals surface area contributed by atoms with Gasteiger partial charge in [-0.25, -0.2) is 13.1 Å². The Bertz CT molecular complexity index is 521. The Hall–Kier alpha value is -1.40. The number of nitrogens with one attached hydrogen (secondary N) is 2. The molecule has 0 spiro atoms. The molecule has 0 aromatic heterocycles. The molecule has 0 saturated carbocycles. The van der Waals surface area contributed by atoms with Gasteiger partial charge in [0.15, 0.2) is 0 Å². The van der Waals surface area contributed by atoms with Crippen molar-refractivity contribution in [2.45, 2.75) is 44.6 Å². The fraction of sp³-hybridized carbons (Fsp3) is 0.462. The molecule has 0 aliphatic rings. The Morgan fingerprint density at radius 3 is 2.26 bits per heavy atom. The van der Waals surface area contributed by atoms with Gasteiger partial charge in [0.05, 0.1) is 4.90 Å². The Kier molecular flexibility index (Phi) is 5.50. The van der Waals surface area contributed by atoms with Crippen molar-refractivity contribution in [3.63, 3.8) is 0 Å². The van der Waals surface area contributed by atoms with Gasteiger partial charge in [0.2, 0.25) is 15.9 Å². The van der Waals surface area contributed by atoms with Crippen molar-refractivity contribution in [1.82, 2.24) is 4.72 Å². The van der Waals surface area contributed by atoms with Crippen LogP contribution in [0.2, 0.25) is 0 Å². The van der Waals surface area contributed by atoms with Crippen molar-refractivity contribution in [2.75, 3.05) is 5.32 Å². The molecule has 1 aromatic rings. The van der Waals surface area contributed by atoms with E-state index in [9.17, 15) is 13.2 Å². The van der Waals surface area contributed by atoms with E-state index in [2.05, 4.69) is 10.0 Å². The predicted molar refractivity (Wildman–Crippen MR) is 75.4 cm³/mol. The summed E-state index contributed by atoms with van der Waals surface area (Å²) in [4.78, 5) is 11.6. The van der Waals surface area contributed by atoms with Crippen LogP contribution in [-0.2, 0) is 14.8 Å². The third-order valence-electron chi connectivity index (χ3n) is 2.32. The average Bonchev–Trinajstić information content (AvgIpc) is 2.28. The number of anilines is 1. The summed E-state index contributed by atoms with van der Waals surface area (Å²) < 4.78 is 26.3. The summed E-state index contributed by atoms with van der Waals surface area (Å²) in [5, 5.41) is 2.71. The topological polar surface area (TPSA) is 75.3 Å². The number of carbonyl (C=O) groups is 1. The van der Waals surface area contributed by atoms with Crippen molar-refractivity contribution in [3.05, 3.63) is 24.3 Å². The van der Waals surface area contributed by atoms with E-state index < -0.39 is 10.0 Å². The third kappa shape index (κ3) is 5.00. The van der Waals surface area contributed by atoms with Gasteiger partial charge in [-0.15, -0.1) is 0 Å². The first kappa shape index (κ1) is 15.7. The average molecular weight is 284 g/mol. The fourth-order valence-electron chi connectivity index (χ4n) is 1.55. The van der Waals surface area contributed by atoms with Crippen LogP contribution in [0, 0.1) is 0 Å². The standard InChI is InChI=1S/C13H20N2O3S/c1-4-5-13(16)14-11-6-8-12(9-7-11)19(17,18)15-10(2)3/h6-10,15H,4-5H2,1-3H3,(H,14,16). The van der Waals surface area contributed by atoms with E-state index in [1.807, 2.05) is 6.92 Å². The molecule has 0 aliphatic heterocycles. The molecule has 0 radical (unpaired) electrons. The summed E-state index contributed by atoms with van der Waals surface area (Å²) >= 11 is 0. The molecule has 1 aromatic carbocycles. The van der Waals surface area contributed by atoms with Crippen LogP contribution in [0.5, 0.6) is 0 Å². The molecule has 19 heavy (non-hydrogen) atoms. The molecule has 0 aliphatic carbocycles. The highest BCUT2D eigenvalue weighted by atomic mass is 32.2. The maximum Gasteiger partial charge on any atom is 0.240 e. The van der Waals surface area contributed by atoms with Crippen molar-refractivity contribution in [1.29, 1.82) is 0 Å². The Balaban J connectivity index is 2.79. The smallest absolute Gasteiger partial charge is 0.240 e. The predicted octanol–water partition coefficient (Wildman–Crippen LogP) is 2.11. The molecule has 106 valence electrons. The van der Waals surface area contributed by atoms with Crippen molar-refractivity contribution >= 4 is 21.6 Å². The van der Waals surface area contributed by atoms with Crippen LogP contribution in [0.1, 0.15) is 33.6 Å². The van der Waals surface area contributed by atoms with E-state index in [0.29, 0.717) is 12.1 Å². The molecule has 0 atom stereocenters. The van der Waals surface area contributed by atoms with E-state index in [-0.39, 0.29) is 16.8 Å². The minimum absolute atomic E-state index is 0.0709. The molecule has 0 heterocycles. The molecular weight excluding hydrogens is 264 g/mol. The van der Waals surface area contributed by atoms with E-state index in [0.717, 1.165) is 6.42 Å². The molecule has 0 fully saturated rings. The van der Waals surface area contributed by atoms with E-state index >= 15 is 0 Å². The van der Waals surface area contributed by atoms with Gasteiger partial charge in [-0.05, 0) is 44.5 Å². The second kappa shape index (κ2) is 6.68. The third-order valence-corrected chi connectivity index (χ3v) is 3.99. The minimum Gasteiger partial charge on any atom is -0.326 e. The number of hydrogen-bond acceptors (Lipinski definition) is 3. The summed E-state index contributed by atoms with van der Waals surface area (Å²) in [5.41, 5.74) is 0.599. The van der Waals surface area contributed by atoms with Gasteiger partial charge in [0, 0.05) is 18.2 Å². The lowest BCUT2D eigenvalue weighted by Gasteiger charge is -2.10. The molecular formula is C13H20N2O3S. The number of amides is 1. The van der Waals surface area contributed by atoms with E-state index in [1.54, 1.807) is 26.0 Å². The summed E-state index contributed by atoms with van der Waals surface area (Å²) in [7, 11) is -3.48. The zero-order chi connectivity index (χ0) is 14.5. The van der Waals surface area contributed by atoms with Crippen molar-refractivity contribution in [3.8, 4) is 0 Å². The van der Waals surface area contributed by atoms with Gasteiger partial charge in [-0.1, -0.05) is 6.92 Å². The normalized spacial score (nSPS) is 11.6. The van der Waals surface area contributed by atoms with Crippen LogP contribution in [0.25, 0.3) is 0 Å². The first-order valence-electron chi connectivity index (χ1n) is 6.27. The second-order valence-corrected chi connectivity index (χ2v) is 6.31. The molecule has 0 saturated heterocycles. The lowest BCUT2D eigenvalue weighted by molar-refractivity contribution is -0.116. The molecule has 5 nitrogen and oxygen atoms in total. The largest absolute Gasteiger partial charge is 0.326 e. The maximum atomic E-state index is 11.9. The summed E-state index contributed by atoms with van der Waals surface area (Å²) in [6, 6.07) is 5.97. The lowest BCUT2D eigenvalue weighted by atomic mass is 10.3. The molecule has 1 amide bonds. The van der Waals surface area contributed by atoms with Crippen LogP contribution in [0.3, 0.4) is 0 Å². The van der Waals surface area contributed by atoms with Gasteiger partial charge in [0.1, 0.15) is 0 Å². The van der Waals surface area contributed by atoms with E-state index in [1.165, 1.54) is 12.1 Å². The van der Waals surface area contributed by atoms with Crippen LogP contribution in [-0.4, -0.2) is 20.4 Å². The minimum atomic E-state index is -3.48. The monoisotopic (exact) mass is 284 g/mol. The van der Waals surface area contributed by atoms with Gasteiger partial charge >= 0.3 is 0 Å². The van der Waals surface area contributed by atoms with Gasteiger partial charge in [-0.3, -0.25) is 4.79 Å². The zero-order valence-electron chi connectivity index (χ0n) is 11.4. The highest BCUT2D eigenvalue weighted by molar-refractivity contribution is 7.89. The summed E-state index contributed by atoms with van der Waals surface area (Å²) in [6.07, 6.45) is 1.23. The second-order valence-electron chi connectivity index (χ2n) is 4.60. The first-order chi connectivity index (χ1) is 8.85. The highest BCUT2D eigenvalue weighted by Crippen LogP contribution is 2.14. The van der Waals surface area contributed by atoms with Crippen molar-refractivity contribution < 1.29 is 13.2 Å². The number of sulfonamides is 1. The number of hydrogen-bond donors (Lipinski definition) is 2. The number of carbonyl (C=O) groups excluding carboxylic acids is 1. The molecule has 6 heteroatoms. The Morgan fingerprint density at radius 2 is 1.79 bits per heavy atom. The molecule has 2 N–H and O–H groups in total. The SMILES string of the molecule is CCCC(=O)Nc1ccc(S(=O)(=O)NC(C)C)cc1. The lowest BCUT2D eigenvalue weighted by Crippen LogP contribution is -2.30. The van der Waals surface area contributed by atoms with Crippen LogP contribution in [0.15, 0.2) is 29.2 Å². The van der Waals surface area contributed by atoms with Crippen molar-refractivity contribution in [2.24, 2.45) is 0 Å². The van der Waals surface area contributed by atoms with Crippen LogP contribution in [0.4, 0.5) is 5.69 Å². The van der Waals surface area contributed by atoms with E-state index in [4.69, 9.17) is 0 Å². The van der Waals surface area contributed by atoms with Gasteiger partial charge in [0.25, 0.3) is 0 Å². The summed E-state index contributed by atoms with van der Waals surface area (Å²) in [6.45, 7) is 5.45. The highest BCUT2D eigenvalue weighted by Gasteiger charge is 2.14.